The second-order valence-corrected chi connectivity index (χ2v) is 6.79. The Labute approximate surface area is 146 Å². The number of aryl methyl sites for hydroxylation is 1. The predicted octanol–water partition coefficient (Wildman–Crippen LogP) is 3.31. The molecule has 1 amide bonds. The smallest absolute Gasteiger partial charge is 0.306 e. The number of rotatable bonds is 5. The molecule has 2 N–H and O–H groups in total. The van der Waals surface area contributed by atoms with Crippen LogP contribution in [-0.4, -0.2) is 26.8 Å². The number of amides is 1. The Morgan fingerprint density at radius 1 is 1.24 bits per heavy atom. The van der Waals surface area contributed by atoms with Crippen molar-refractivity contribution in [2.24, 2.45) is 18.9 Å². The molecule has 0 saturated heterocycles. The molecular weight excluding hydrogens is 318 g/mol. The van der Waals surface area contributed by atoms with E-state index in [1.807, 2.05) is 37.5 Å². The fraction of sp³-hybridized carbons (Fsp3) is 0.421. The molecule has 0 atom stereocenters. The van der Waals surface area contributed by atoms with E-state index >= 15 is 0 Å². The van der Waals surface area contributed by atoms with Crippen LogP contribution in [0.25, 0.3) is 11.1 Å². The van der Waals surface area contributed by atoms with Crippen LogP contribution in [0.2, 0.25) is 0 Å². The highest BCUT2D eigenvalue weighted by Crippen LogP contribution is 2.31. The minimum absolute atomic E-state index is 0.0119. The second kappa shape index (κ2) is 7.51. The molecule has 1 aliphatic carbocycles. The number of carboxylic acids is 1. The number of carbonyl (C=O) groups excluding carboxylic acids is 1. The molecule has 1 aromatic heterocycles. The third-order valence-electron chi connectivity index (χ3n) is 4.85. The van der Waals surface area contributed by atoms with E-state index in [0.29, 0.717) is 19.3 Å². The van der Waals surface area contributed by atoms with Crippen LogP contribution in [0.15, 0.2) is 36.7 Å². The number of aromatic nitrogens is 2. The molecule has 0 spiro atoms. The second-order valence-electron chi connectivity index (χ2n) is 6.79. The Balaban J connectivity index is 1.56. The van der Waals surface area contributed by atoms with Gasteiger partial charge in [-0.2, -0.15) is 5.10 Å². The van der Waals surface area contributed by atoms with Crippen molar-refractivity contribution in [1.29, 1.82) is 0 Å². The van der Waals surface area contributed by atoms with Crippen LogP contribution >= 0.6 is 0 Å². The highest BCUT2D eigenvalue weighted by molar-refractivity contribution is 5.91. The largest absolute Gasteiger partial charge is 0.481 e. The maximum absolute atomic E-state index is 12.3. The normalized spacial score (nSPS) is 20.2. The van der Waals surface area contributed by atoms with Gasteiger partial charge in [-0.05, 0) is 49.3 Å². The molecule has 132 valence electrons. The van der Waals surface area contributed by atoms with Crippen LogP contribution in [0.3, 0.4) is 0 Å². The lowest BCUT2D eigenvalue weighted by molar-refractivity contribution is -0.143. The maximum atomic E-state index is 12.3. The topological polar surface area (TPSA) is 84.2 Å². The predicted molar refractivity (Wildman–Crippen MR) is 95.0 cm³/mol. The number of carbonyl (C=O) groups is 2. The number of benzene rings is 1. The molecule has 0 unspecified atom stereocenters. The van der Waals surface area contributed by atoms with E-state index < -0.39 is 5.97 Å². The van der Waals surface area contributed by atoms with Crippen molar-refractivity contribution in [3.63, 3.8) is 0 Å². The molecule has 1 aliphatic rings. The summed E-state index contributed by atoms with van der Waals surface area (Å²) in [6.45, 7) is 0. The van der Waals surface area contributed by atoms with Gasteiger partial charge in [0.15, 0.2) is 0 Å². The molecule has 6 nitrogen and oxygen atoms in total. The van der Waals surface area contributed by atoms with Crippen molar-refractivity contribution in [3.05, 3.63) is 36.7 Å². The standard InChI is InChI=1S/C19H23N3O3/c1-22-12-16(11-20-22)15-3-2-4-17(10-15)21-18(23)9-13-5-7-14(8-6-13)19(24)25/h2-4,10-14H,5-9H2,1H3,(H,21,23)(H,24,25). The molecule has 1 fully saturated rings. The van der Waals surface area contributed by atoms with Crippen LogP contribution in [0.5, 0.6) is 0 Å². The van der Waals surface area contributed by atoms with Gasteiger partial charge in [-0.15, -0.1) is 0 Å². The van der Waals surface area contributed by atoms with Gasteiger partial charge in [0, 0.05) is 30.9 Å². The third kappa shape index (κ3) is 4.47. The summed E-state index contributed by atoms with van der Waals surface area (Å²) in [4.78, 5) is 23.3. The number of hydrogen-bond acceptors (Lipinski definition) is 3. The van der Waals surface area contributed by atoms with E-state index in [1.54, 1.807) is 10.9 Å². The first kappa shape index (κ1) is 17.2. The molecule has 3 rings (SSSR count). The summed E-state index contributed by atoms with van der Waals surface area (Å²) in [6, 6.07) is 7.71. The molecule has 6 heteroatoms. The molecule has 0 aliphatic heterocycles. The first-order chi connectivity index (χ1) is 12.0. The van der Waals surface area contributed by atoms with E-state index in [2.05, 4.69) is 10.4 Å². The summed E-state index contributed by atoms with van der Waals surface area (Å²) in [5.74, 6) is -0.690. The summed E-state index contributed by atoms with van der Waals surface area (Å²) >= 11 is 0. The Bertz CT molecular complexity index is 761. The molecule has 25 heavy (non-hydrogen) atoms. The van der Waals surface area contributed by atoms with Gasteiger partial charge < -0.3 is 10.4 Å². The average molecular weight is 341 g/mol. The number of hydrogen-bond donors (Lipinski definition) is 2. The lowest BCUT2D eigenvalue weighted by Gasteiger charge is -2.25. The van der Waals surface area contributed by atoms with Crippen molar-refractivity contribution >= 4 is 17.6 Å². The SMILES string of the molecule is Cn1cc(-c2cccc(NC(=O)CC3CCC(C(=O)O)CC3)c2)cn1. The maximum Gasteiger partial charge on any atom is 0.306 e. The lowest BCUT2D eigenvalue weighted by atomic mass is 9.80. The minimum Gasteiger partial charge on any atom is -0.481 e. The molecule has 1 aromatic carbocycles. The van der Waals surface area contributed by atoms with Gasteiger partial charge in [-0.25, -0.2) is 0 Å². The number of anilines is 1. The van der Waals surface area contributed by atoms with Crippen molar-refractivity contribution in [3.8, 4) is 11.1 Å². The van der Waals surface area contributed by atoms with Crippen LogP contribution in [0.4, 0.5) is 5.69 Å². The lowest BCUT2D eigenvalue weighted by Crippen LogP contribution is -2.24. The number of carboxylic acid groups (broad SMARTS) is 1. The van der Waals surface area contributed by atoms with Crippen molar-refractivity contribution in [1.82, 2.24) is 9.78 Å². The van der Waals surface area contributed by atoms with E-state index in [0.717, 1.165) is 29.7 Å². The first-order valence-corrected chi connectivity index (χ1v) is 8.63. The fourth-order valence-corrected chi connectivity index (χ4v) is 3.43. The summed E-state index contributed by atoms with van der Waals surface area (Å²) in [6.07, 6.45) is 7.13. The molecule has 1 heterocycles. The van der Waals surface area contributed by atoms with Crippen molar-refractivity contribution in [2.45, 2.75) is 32.1 Å². The molecule has 1 saturated carbocycles. The Kier molecular flexibility index (Phi) is 5.16. The van der Waals surface area contributed by atoms with Gasteiger partial charge in [0.05, 0.1) is 12.1 Å². The zero-order valence-electron chi connectivity index (χ0n) is 14.3. The summed E-state index contributed by atoms with van der Waals surface area (Å²) < 4.78 is 1.74. The van der Waals surface area contributed by atoms with Crippen molar-refractivity contribution in [2.75, 3.05) is 5.32 Å². The zero-order valence-corrected chi connectivity index (χ0v) is 14.3. The van der Waals surface area contributed by atoms with Gasteiger partial charge >= 0.3 is 5.97 Å². The van der Waals surface area contributed by atoms with Gasteiger partial charge in [0.2, 0.25) is 5.91 Å². The molecule has 0 radical (unpaired) electrons. The molecule has 0 bridgehead atoms. The van der Waals surface area contributed by atoms with Gasteiger partial charge in [-0.3, -0.25) is 14.3 Å². The number of aliphatic carboxylic acids is 1. The van der Waals surface area contributed by atoms with Gasteiger partial charge in [0.1, 0.15) is 0 Å². The zero-order chi connectivity index (χ0) is 17.8. The van der Waals surface area contributed by atoms with Crippen LogP contribution in [0.1, 0.15) is 32.1 Å². The third-order valence-corrected chi connectivity index (χ3v) is 4.85. The monoisotopic (exact) mass is 341 g/mol. The average Bonchev–Trinajstić information content (AvgIpc) is 3.02. The van der Waals surface area contributed by atoms with Gasteiger partial charge in [-0.1, -0.05) is 12.1 Å². The van der Waals surface area contributed by atoms with Gasteiger partial charge in [0.25, 0.3) is 0 Å². The van der Waals surface area contributed by atoms with E-state index in [9.17, 15) is 9.59 Å². The summed E-state index contributed by atoms with van der Waals surface area (Å²) in [5.41, 5.74) is 2.78. The fourth-order valence-electron chi connectivity index (χ4n) is 3.43. The van der Waals surface area contributed by atoms with E-state index in [-0.39, 0.29) is 17.7 Å². The van der Waals surface area contributed by atoms with E-state index in [1.165, 1.54) is 0 Å². The first-order valence-electron chi connectivity index (χ1n) is 8.63. The number of nitrogens with one attached hydrogen (secondary N) is 1. The number of nitrogens with zero attached hydrogens (tertiary/aromatic N) is 2. The Hall–Kier alpha value is -2.63. The molecule has 2 aromatic rings. The summed E-state index contributed by atoms with van der Waals surface area (Å²) in [7, 11) is 1.87. The Morgan fingerprint density at radius 3 is 2.64 bits per heavy atom. The quantitative estimate of drug-likeness (QED) is 0.874. The van der Waals surface area contributed by atoms with Crippen molar-refractivity contribution < 1.29 is 14.7 Å². The highest BCUT2D eigenvalue weighted by atomic mass is 16.4. The van der Waals surface area contributed by atoms with Crippen LogP contribution in [0, 0.1) is 11.8 Å². The Morgan fingerprint density at radius 2 is 2.00 bits per heavy atom. The summed E-state index contributed by atoms with van der Waals surface area (Å²) in [5, 5.41) is 16.2. The minimum atomic E-state index is -0.713. The van der Waals surface area contributed by atoms with Crippen LogP contribution < -0.4 is 5.32 Å². The molecular formula is C19H23N3O3. The van der Waals surface area contributed by atoms with Crippen LogP contribution in [-0.2, 0) is 16.6 Å². The van der Waals surface area contributed by atoms with E-state index in [4.69, 9.17) is 5.11 Å². The highest BCUT2D eigenvalue weighted by Gasteiger charge is 2.27.